The van der Waals surface area contributed by atoms with Gasteiger partial charge in [-0.2, -0.15) is 0 Å². The normalized spacial score (nSPS) is 11.4. The fourth-order valence-electron chi connectivity index (χ4n) is 1.99. The second-order valence-electron chi connectivity index (χ2n) is 5.74. The average molecular weight is 375 g/mol. The van der Waals surface area contributed by atoms with Crippen LogP contribution in [0.25, 0.3) is 11.3 Å². The van der Waals surface area contributed by atoms with Crippen LogP contribution in [0.1, 0.15) is 30.8 Å². The Hall–Kier alpha value is -1.63. The highest BCUT2D eigenvalue weighted by Crippen LogP contribution is 2.19. The second-order valence-corrected chi connectivity index (χ2v) is 5.74. The van der Waals surface area contributed by atoms with Gasteiger partial charge in [0.1, 0.15) is 0 Å². The fraction of sp³-hybridized carbons (Fsp3) is 0.438. The molecule has 0 saturated carbocycles. The minimum atomic E-state index is -0.171. The molecule has 1 atom stereocenters. The second kappa shape index (κ2) is 10.3. The number of hydrogen-bond donors (Lipinski definition) is 1. The van der Waals surface area contributed by atoms with Crippen LogP contribution in [0.15, 0.2) is 35.1 Å². The molecule has 0 fully saturated rings. The number of pyridine rings is 1. The van der Waals surface area contributed by atoms with Crippen LogP contribution in [0.4, 0.5) is 0 Å². The van der Waals surface area contributed by atoms with Gasteiger partial charge in [-0.15, -0.1) is 24.8 Å². The first kappa shape index (κ1) is 22.4. The van der Waals surface area contributed by atoms with Gasteiger partial charge >= 0.3 is 0 Å². The highest BCUT2D eigenvalue weighted by atomic mass is 35.5. The topological polar surface area (TPSA) is 85.2 Å². The van der Waals surface area contributed by atoms with Gasteiger partial charge in [0.05, 0.1) is 0 Å². The van der Waals surface area contributed by atoms with Crippen LogP contribution in [0.2, 0.25) is 0 Å². The van der Waals surface area contributed by atoms with Crippen molar-refractivity contribution in [1.29, 1.82) is 0 Å². The molecule has 0 aromatic carbocycles. The van der Waals surface area contributed by atoms with E-state index in [1.807, 2.05) is 6.07 Å². The van der Waals surface area contributed by atoms with E-state index in [0.717, 1.165) is 12.0 Å². The first-order valence-electron chi connectivity index (χ1n) is 7.37. The molecule has 134 valence electrons. The standard InChI is InChI=1S/C16H22N4O2.2ClH/c1-11(2)13(17)6-8-20(3)16(21)14-9-15(22-19-14)12-5-4-7-18-10-12;;/h4-5,7,9-11,13H,6,8,17H2,1-3H3;2*1H. The highest BCUT2D eigenvalue weighted by Gasteiger charge is 2.18. The third-order valence-corrected chi connectivity index (χ3v) is 3.68. The van der Waals surface area contributed by atoms with E-state index in [1.54, 1.807) is 36.5 Å². The Labute approximate surface area is 154 Å². The molecule has 2 aromatic heterocycles. The molecule has 6 nitrogen and oxygen atoms in total. The van der Waals surface area contributed by atoms with Crippen molar-refractivity contribution in [2.24, 2.45) is 11.7 Å². The summed E-state index contributed by atoms with van der Waals surface area (Å²) in [4.78, 5) is 18.0. The molecule has 0 bridgehead atoms. The molecule has 2 heterocycles. The van der Waals surface area contributed by atoms with E-state index in [2.05, 4.69) is 24.0 Å². The van der Waals surface area contributed by atoms with Crippen molar-refractivity contribution in [3.8, 4) is 11.3 Å². The maximum Gasteiger partial charge on any atom is 0.275 e. The number of aromatic nitrogens is 2. The zero-order chi connectivity index (χ0) is 16.1. The molecule has 8 heteroatoms. The van der Waals surface area contributed by atoms with Crippen LogP contribution < -0.4 is 5.73 Å². The molecule has 0 aliphatic carbocycles. The first-order valence-corrected chi connectivity index (χ1v) is 7.37. The summed E-state index contributed by atoms with van der Waals surface area (Å²) in [5, 5.41) is 3.85. The molecule has 1 amide bonds. The van der Waals surface area contributed by atoms with Crippen LogP contribution >= 0.6 is 24.8 Å². The molecule has 2 rings (SSSR count). The van der Waals surface area contributed by atoms with Crippen molar-refractivity contribution in [1.82, 2.24) is 15.0 Å². The number of carbonyl (C=O) groups is 1. The van der Waals surface area contributed by atoms with Gasteiger partial charge in [0.25, 0.3) is 5.91 Å². The number of nitrogens with zero attached hydrogens (tertiary/aromatic N) is 3. The third kappa shape index (κ3) is 5.78. The fourth-order valence-corrected chi connectivity index (χ4v) is 1.99. The summed E-state index contributed by atoms with van der Waals surface area (Å²) in [6.07, 6.45) is 4.10. The maximum atomic E-state index is 12.3. The summed E-state index contributed by atoms with van der Waals surface area (Å²) in [5.41, 5.74) is 7.09. The van der Waals surface area contributed by atoms with Gasteiger partial charge in [-0.05, 0) is 24.5 Å². The van der Waals surface area contributed by atoms with E-state index in [4.69, 9.17) is 10.3 Å². The van der Waals surface area contributed by atoms with Gasteiger partial charge < -0.3 is 15.2 Å². The Balaban J connectivity index is 0.00000264. The molecule has 2 aromatic rings. The minimum Gasteiger partial charge on any atom is -0.355 e. The van der Waals surface area contributed by atoms with Crippen LogP contribution in [-0.4, -0.2) is 40.6 Å². The SMILES string of the molecule is CC(C)C(N)CCN(C)C(=O)c1cc(-c2cccnc2)on1.Cl.Cl. The number of carbonyl (C=O) groups excluding carboxylic acids is 1. The first-order chi connectivity index (χ1) is 10.5. The Morgan fingerprint density at radius 2 is 2.08 bits per heavy atom. The lowest BCUT2D eigenvalue weighted by Crippen LogP contribution is -2.34. The van der Waals surface area contributed by atoms with Crippen molar-refractivity contribution in [3.63, 3.8) is 0 Å². The summed E-state index contributed by atoms with van der Waals surface area (Å²) >= 11 is 0. The lowest BCUT2D eigenvalue weighted by Gasteiger charge is -2.20. The lowest BCUT2D eigenvalue weighted by molar-refractivity contribution is 0.0779. The quantitative estimate of drug-likeness (QED) is 0.839. The molecular weight excluding hydrogens is 351 g/mol. The largest absolute Gasteiger partial charge is 0.355 e. The van der Waals surface area contributed by atoms with E-state index < -0.39 is 0 Å². The predicted molar refractivity (Wildman–Crippen MR) is 98.6 cm³/mol. The summed E-state index contributed by atoms with van der Waals surface area (Å²) in [5.74, 6) is 0.756. The van der Waals surface area contributed by atoms with Gasteiger partial charge in [-0.25, -0.2) is 0 Å². The number of nitrogens with two attached hydrogens (primary N) is 1. The van der Waals surface area contributed by atoms with E-state index >= 15 is 0 Å². The monoisotopic (exact) mass is 374 g/mol. The molecule has 2 N–H and O–H groups in total. The number of halogens is 2. The highest BCUT2D eigenvalue weighted by molar-refractivity contribution is 5.92. The number of hydrogen-bond acceptors (Lipinski definition) is 5. The predicted octanol–water partition coefficient (Wildman–Crippen LogP) is 3.03. The molecule has 0 radical (unpaired) electrons. The zero-order valence-corrected chi connectivity index (χ0v) is 15.6. The Bertz CT molecular complexity index is 620. The molecule has 1 unspecified atom stereocenters. The molecule has 0 spiro atoms. The zero-order valence-electron chi connectivity index (χ0n) is 14.0. The summed E-state index contributed by atoms with van der Waals surface area (Å²) < 4.78 is 5.22. The van der Waals surface area contributed by atoms with Crippen molar-refractivity contribution in [2.45, 2.75) is 26.3 Å². The molecule has 0 aliphatic rings. The number of rotatable bonds is 6. The number of amides is 1. The van der Waals surface area contributed by atoms with Gasteiger partial charge in [0, 0.05) is 43.7 Å². The van der Waals surface area contributed by atoms with Gasteiger partial charge in [-0.1, -0.05) is 19.0 Å². The smallest absolute Gasteiger partial charge is 0.275 e. The lowest BCUT2D eigenvalue weighted by atomic mass is 10.0. The van der Waals surface area contributed by atoms with Crippen molar-refractivity contribution < 1.29 is 9.32 Å². The van der Waals surface area contributed by atoms with Crippen LogP contribution in [0.3, 0.4) is 0 Å². The van der Waals surface area contributed by atoms with Crippen molar-refractivity contribution in [3.05, 3.63) is 36.3 Å². The molecular formula is C16H24Cl2N4O2. The minimum absolute atomic E-state index is 0. The van der Waals surface area contributed by atoms with Gasteiger partial charge in [-0.3, -0.25) is 9.78 Å². The Morgan fingerprint density at radius 3 is 2.67 bits per heavy atom. The summed E-state index contributed by atoms with van der Waals surface area (Å²) in [7, 11) is 1.74. The third-order valence-electron chi connectivity index (χ3n) is 3.68. The maximum absolute atomic E-state index is 12.3. The summed E-state index contributed by atoms with van der Waals surface area (Å²) in [6, 6.07) is 5.38. The molecule has 0 aliphatic heterocycles. The average Bonchev–Trinajstić information content (AvgIpc) is 3.02. The van der Waals surface area contributed by atoms with Crippen molar-refractivity contribution in [2.75, 3.05) is 13.6 Å². The van der Waals surface area contributed by atoms with Crippen LogP contribution in [0, 0.1) is 5.92 Å². The molecule has 24 heavy (non-hydrogen) atoms. The van der Waals surface area contributed by atoms with Crippen LogP contribution in [-0.2, 0) is 0 Å². The van der Waals surface area contributed by atoms with Crippen molar-refractivity contribution >= 4 is 30.7 Å². The van der Waals surface area contributed by atoms with Gasteiger partial charge in [0.2, 0.25) is 0 Å². The van der Waals surface area contributed by atoms with E-state index in [0.29, 0.717) is 23.9 Å². The molecule has 0 saturated heterocycles. The Morgan fingerprint density at radius 1 is 1.38 bits per heavy atom. The Kier molecular flexibility index (Phi) is 9.58. The van der Waals surface area contributed by atoms with Crippen LogP contribution in [0.5, 0.6) is 0 Å². The van der Waals surface area contributed by atoms with E-state index in [-0.39, 0.29) is 36.8 Å². The van der Waals surface area contributed by atoms with E-state index in [1.165, 1.54) is 0 Å². The van der Waals surface area contributed by atoms with Gasteiger partial charge in [0.15, 0.2) is 11.5 Å². The summed E-state index contributed by atoms with van der Waals surface area (Å²) in [6.45, 7) is 4.74. The van der Waals surface area contributed by atoms with E-state index in [9.17, 15) is 4.79 Å².